The number of carbonyl (C=O) groups excluding carboxylic acids is 1. The topological polar surface area (TPSA) is 50.4 Å². The maximum absolute atomic E-state index is 11.8. The summed E-state index contributed by atoms with van der Waals surface area (Å²) in [6.07, 6.45) is 3.83. The molecule has 4 nitrogen and oxygen atoms in total. The predicted octanol–water partition coefficient (Wildman–Crippen LogP) is 4.37. The van der Waals surface area contributed by atoms with Crippen LogP contribution in [0.2, 0.25) is 0 Å². The fraction of sp³-hybridized carbons (Fsp3) is 0.611. The van der Waals surface area contributed by atoms with Crippen LogP contribution in [-0.2, 0) is 11.3 Å². The van der Waals surface area contributed by atoms with E-state index < -0.39 is 5.60 Å². The van der Waals surface area contributed by atoms with Gasteiger partial charge in [-0.3, -0.25) is 0 Å². The van der Waals surface area contributed by atoms with Crippen molar-refractivity contribution in [3.8, 4) is 0 Å². The number of halogens is 1. The van der Waals surface area contributed by atoms with E-state index in [4.69, 9.17) is 4.74 Å². The zero-order valence-electron chi connectivity index (χ0n) is 14.2. The number of amides is 1. The highest BCUT2D eigenvalue weighted by Gasteiger charge is 2.24. The molecule has 1 aliphatic rings. The lowest BCUT2D eigenvalue weighted by atomic mass is 9.91. The van der Waals surface area contributed by atoms with Crippen molar-refractivity contribution in [3.05, 3.63) is 34.3 Å². The summed E-state index contributed by atoms with van der Waals surface area (Å²) in [5.41, 5.74) is 0.841. The fourth-order valence-corrected chi connectivity index (χ4v) is 3.24. The lowest BCUT2D eigenvalue weighted by molar-refractivity contribution is 0.0490. The molecular weight excluding hydrogens is 356 g/mol. The third-order valence-electron chi connectivity index (χ3n) is 3.99. The first kappa shape index (κ1) is 18.3. The van der Waals surface area contributed by atoms with Gasteiger partial charge in [-0.15, -0.1) is 0 Å². The molecule has 23 heavy (non-hydrogen) atoms. The highest BCUT2D eigenvalue weighted by atomic mass is 79.9. The van der Waals surface area contributed by atoms with E-state index >= 15 is 0 Å². The van der Waals surface area contributed by atoms with E-state index in [2.05, 4.69) is 44.8 Å². The van der Waals surface area contributed by atoms with Gasteiger partial charge in [0.25, 0.3) is 0 Å². The second kappa shape index (κ2) is 8.15. The Kier molecular flexibility index (Phi) is 6.48. The molecule has 0 bridgehead atoms. The SMILES string of the molecule is CC(C)(C)OC(=O)NC1CCC(NCc2ccccc2Br)CC1. The Morgan fingerprint density at radius 2 is 1.78 bits per heavy atom. The average molecular weight is 383 g/mol. The highest BCUT2D eigenvalue weighted by Crippen LogP contribution is 2.21. The third-order valence-corrected chi connectivity index (χ3v) is 4.76. The molecule has 0 aliphatic heterocycles. The van der Waals surface area contributed by atoms with Gasteiger partial charge in [-0.05, 0) is 58.1 Å². The van der Waals surface area contributed by atoms with Crippen LogP contribution in [0.4, 0.5) is 4.79 Å². The summed E-state index contributed by atoms with van der Waals surface area (Å²) in [4.78, 5) is 11.8. The van der Waals surface area contributed by atoms with Crippen LogP contribution in [0.25, 0.3) is 0 Å². The summed E-state index contributed by atoms with van der Waals surface area (Å²) >= 11 is 3.58. The number of ether oxygens (including phenoxy) is 1. The van der Waals surface area contributed by atoms with E-state index in [1.165, 1.54) is 5.56 Å². The molecule has 0 heterocycles. The molecule has 5 heteroatoms. The number of carbonyl (C=O) groups is 1. The number of nitrogens with one attached hydrogen (secondary N) is 2. The Bertz CT molecular complexity index is 520. The normalized spacial score (nSPS) is 21.7. The second-order valence-corrected chi connectivity index (χ2v) is 8.02. The number of benzene rings is 1. The largest absolute Gasteiger partial charge is 0.444 e. The quantitative estimate of drug-likeness (QED) is 0.812. The van der Waals surface area contributed by atoms with Crippen molar-refractivity contribution in [2.75, 3.05) is 0 Å². The molecule has 2 rings (SSSR count). The first-order valence-electron chi connectivity index (χ1n) is 8.30. The summed E-state index contributed by atoms with van der Waals surface area (Å²) in [6, 6.07) is 9.03. The summed E-state index contributed by atoms with van der Waals surface area (Å²) < 4.78 is 6.46. The minimum atomic E-state index is -0.439. The maximum atomic E-state index is 11.8. The number of rotatable bonds is 4. The molecule has 0 aromatic heterocycles. The van der Waals surface area contributed by atoms with Crippen molar-refractivity contribution in [2.45, 2.75) is 70.7 Å². The zero-order chi connectivity index (χ0) is 16.9. The Morgan fingerprint density at radius 3 is 2.39 bits per heavy atom. The molecule has 2 N–H and O–H groups in total. The van der Waals surface area contributed by atoms with E-state index in [1.807, 2.05) is 26.8 Å². The molecule has 128 valence electrons. The van der Waals surface area contributed by atoms with Crippen LogP contribution >= 0.6 is 15.9 Å². The molecule has 0 atom stereocenters. The third kappa shape index (κ3) is 6.51. The van der Waals surface area contributed by atoms with Gasteiger partial charge in [0.05, 0.1) is 0 Å². The first-order chi connectivity index (χ1) is 10.8. The monoisotopic (exact) mass is 382 g/mol. The lowest BCUT2D eigenvalue weighted by Crippen LogP contribution is -2.43. The molecule has 0 unspecified atom stereocenters. The van der Waals surface area contributed by atoms with Crippen LogP contribution in [0.5, 0.6) is 0 Å². The molecule has 1 aromatic carbocycles. The molecule has 1 aliphatic carbocycles. The van der Waals surface area contributed by atoms with Gasteiger partial charge in [0.15, 0.2) is 0 Å². The Labute approximate surface area is 147 Å². The average Bonchev–Trinajstić information content (AvgIpc) is 2.46. The number of alkyl carbamates (subject to hydrolysis) is 1. The van der Waals surface area contributed by atoms with Gasteiger partial charge >= 0.3 is 6.09 Å². The Morgan fingerprint density at radius 1 is 1.17 bits per heavy atom. The van der Waals surface area contributed by atoms with Crippen molar-refractivity contribution < 1.29 is 9.53 Å². The molecule has 1 fully saturated rings. The van der Waals surface area contributed by atoms with Crippen LogP contribution in [-0.4, -0.2) is 23.8 Å². The van der Waals surface area contributed by atoms with Gasteiger partial charge in [0.2, 0.25) is 0 Å². The summed E-state index contributed by atoms with van der Waals surface area (Å²) in [5, 5.41) is 6.60. The molecular formula is C18H27BrN2O2. The van der Waals surface area contributed by atoms with Crippen LogP contribution in [0.1, 0.15) is 52.0 Å². The van der Waals surface area contributed by atoms with Crippen molar-refractivity contribution in [1.82, 2.24) is 10.6 Å². The van der Waals surface area contributed by atoms with E-state index in [1.54, 1.807) is 0 Å². The van der Waals surface area contributed by atoms with Crippen molar-refractivity contribution >= 4 is 22.0 Å². The Balaban J connectivity index is 1.70. The molecule has 0 saturated heterocycles. The summed E-state index contributed by atoms with van der Waals surface area (Å²) in [5.74, 6) is 0. The first-order valence-corrected chi connectivity index (χ1v) is 9.09. The van der Waals surface area contributed by atoms with Gasteiger partial charge in [0.1, 0.15) is 5.60 Å². The highest BCUT2D eigenvalue weighted by molar-refractivity contribution is 9.10. The van der Waals surface area contributed by atoms with Gasteiger partial charge in [0, 0.05) is 23.1 Å². The van der Waals surface area contributed by atoms with E-state index in [0.717, 1.165) is 36.7 Å². The van der Waals surface area contributed by atoms with Gasteiger partial charge in [-0.2, -0.15) is 0 Å². The van der Waals surface area contributed by atoms with Gasteiger partial charge in [-0.25, -0.2) is 4.79 Å². The van der Waals surface area contributed by atoms with Crippen molar-refractivity contribution in [1.29, 1.82) is 0 Å². The minimum absolute atomic E-state index is 0.228. The number of hydrogen-bond donors (Lipinski definition) is 2. The maximum Gasteiger partial charge on any atom is 0.407 e. The Hall–Kier alpha value is -1.07. The van der Waals surface area contributed by atoms with Gasteiger partial charge in [-0.1, -0.05) is 34.1 Å². The van der Waals surface area contributed by atoms with Crippen molar-refractivity contribution in [3.63, 3.8) is 0 Å². The van der Waals surface area contributed by atoms with E-state index in [0.29, 0.717) is 6.04 Å². The van der Waals surface area contributed by atoms with Crippen LogP contribution in [0, 0.1) is 0 Å². The van der Waals surface area contributed by atoms with Crippen LogP contribution < -0.4 is 10.6 Å². The van der Waals surface area contributed by atoms with Crippen molar-refractivity contribution in [2.24, 2.45) is 0 Å². The fourth-order valence-electron chi connectivity index (χ4n) is 2.81. The smallest absolute Gasteiger partial charge is 0.407 e. The minimum Gasteiger partial charge on any atom is -0.444 e. The standard InChI is InChI=1S/C18H27BrN2O2/c1-18(2,3)23-17(22)21-15-10-8-14(9-11-15)20-12-13-6-4-5-7-16(13)19/h4-7,14-15,20H,8-12H2,1-3H3,(H,21,22). The molecule has 0 spiro atoms. The van der Waals surface area contributed by atoms with E-state index in [-0.39, 0.29) is 12.1 Å². The number of hydrogen-bond acceptors (Lipinski definition) is 3. The van der Waals surface area contributed by atoms with E-state index in [9.17, 15) is 4.79 Å². The van der Waals surface area contributed by atoms with Gasteiger partial charge < -0.3 is 15.4 Å². The summed E-state index contributed by atoms with van der Waals surface area (Å²) in [6.45, 7) is 6.52. The predicted molar refractivity (Wildman–Crippen MR) is 96.4 cm³/mol. The molecule has 1 aromatic rings. The van der Waals surface area contributed by atoms with Crippen LogP contribution in [0.3, 0.4) is 0 Å². The zero-order valence-corrected chi connectivity index (χ0v) is 15.8. The molecule has 0 radical (unpaired) electrons. The molecule has 1 saturated carbocycles. The second-order valence-electron chi connectivity index (χ2n) is 7.17. The lowest BCUT2D eigenvalue weighted by Gasteiger charge is -2.30. The summed E-state index contributed by atoms with van der Waals surface area (Å²) in [7, 11) is 0. The van der Waals surface area contributed by atoms with Crippen LogP contribution in [0.15, 0.2) is 28.7 Å². The molecule has 1 amide bonds.